The Kier molecular flexibility index (Phi) is 7.84. The van der Waals surface area contributed by atoms with Gasteiger partial charge in [-0.25, -0.2) is 0 Å². The van der Waals surface area contributed by atoms with E-state index in [0.717, 1.165) is 11.1 Å². The first-order chi connectivity index (χ1) is 21.3. The zero-order valence-electron chi connectivity index (χ0n) is 26.0. The average molecular weight is 629 g/mol. The highest BCUT2D eigenvalue weighted by molar-refractivity contribution is 6.71. The van der Waals surface area contributed by atoms with Crippen LogP contribution in [0.3, 0.4) is 0 Å². The van der Waals surface area contributed by atoms with Crippen molar-refractivity contribution < 1.29 is 29.0 Å². The monoisotopic (exact) mass is 628 g/mol. The second kappa shape index (κ2) is 11.4. The van der Waals surface area contributed by atoms with E-state index in [9.17, 15) is 24.3 Å². The summed E-state index contributed by atoms with van der Waals surface area (Å²) >= 11 is 0. The molecule has 10 nitrogen and oxygen atoms in total. The third-order valence-electron chi connectivity index (χ3n) is 9.81. The van der Waals surface area contributed by atoms with Crippen molar-refractivity contribution in [2.45, 2.75) is 62.7 Å². The van der Waals surface area contributed by atoms with Crippen molar-refractivity contribution in [2.24, 2.45) is 5.92 Å². The largest absolute Gasteiger partial charge is 0.432 e. The number of nitrogens with zero attached hydrogens (tertiary/aromatic N) is 2. The van der Waals surface area contributed by atoms with Crippen LogP contribution >= 0.6 is 0 Å². The smallest absolute Gasteiger partial charge is 0.264 e. The van der Waals surface area contributed by atoms with Gasteiger partial charge in [0.1, 0.15) is 0 Å². The highest BCUT2D eigenvalue weighted by Gasteiger charge is 2.66. The van der Waals surface area contributed by atoms with Gasteiger partial charge in [0.25, 0.3) is 11.8 Å². The number of carbonyl (C=O) groups is 3. The molecule has 45 heavy (non-hydrogen) atoms. The maximum Gasteiger partial charge on any atom is 0.264 e. The van der Waals surface area contributed by atoms with Crippen molar-refractivity contribution in [3.63, 3.8) is 0 Å². The number of nitrogens with one attached hydrogen (secondary N) is 1. The third kappa shape index (κ3) is 5.23. The van der Waals surface area contributed by atoms with E-state index in [1.807, 2.05) is 44.3 Å². The Bertz CT molecular complexity index is 1660. The van der Waals surface area contributed by atoms with Crippen LogP contribution in [0.1, 0.15) is 40.4 Å². The van der Waals surface area contributed by atoms with E-state index in [0.29, 0.717) is 41.2 Å². The van der Waals surface area contributed by atoms with E-state index >= 15 is 0 Å². The fourth-order valence-corrected chi connectivity index (χ4v) is 10.2. The van der Waals surface area contributed by atoms with Crippen LogP contribution in [0.5, 0.6) is 0 Å². The normalized spacial score (nSPS) is 25.8. The topological polar surface area (TPSA) is 145 Å². The van der Waals surface area contributed by atoms with Crippen molar-refractivity contribution in [1.29, 1.82) is 0 Å². The summed E-state index contributed by atoms with van der Waals surface area (Å²) in [5, 5.41) is 13.1. The molecule has 3 heterocycles. The summed E-state index contributed by atoms with van der Waals surface area (Å²) in [5.74, 6) is -1.25. The first kappa shape index (κ1) is 31.0. The Hall–Kier alpha value is -4.03. The molecule has 236 valence electrons. The van der Waals surface area contributed by atoms with E-state index in [1.54, 1.807) is 59.3 Å². The van der Waals surface area contributed by atoms with Crippen molar-refractivity contribution in [3.05, 3.63) is 89.0 Å². The summed E-state index contributed by atoms with van der Waals surface area (Å²) in [4.78, 5) is 55.9. The number of aliphatic hydroxyl groups excluding tert-OH is 1. The Labute approximate surface area is 263 Å². The number of hydrogen-bond donors (Lipinski definition) is 4. The molecule has 11 heteroatoms. The van der Waals surface area contributed by atoms with Crippen LogP contribution in [0.4, 0.5) is 17.1 Å². The maximum atomic E-state index is 14.1. The van der Waals surface area contributed by atoms with Gasteiger partial charge in [-0.1, -0.05) is 31.2 Å². The Morgan fingerprint density at radius 2 is 1.78 bits per heavy atom. The highest BCUT2D eigenvalue weighted by atomic mass is 28.4. The van der Waals surface area contributed by atoms with Crippen LogP contribution in [-0.4, -0.2) is 66.6 Å². The van der Waals surface area contributed by atoms with Gasteiger partial charge < -0.3 is 35.5 Å². The molecular formula is C34H40N4O6Si. The van der Waals surface area contributed by atoms with Crippen LogP contribution in [0, 0.1) is 5.92 Å². The first-order valence-electron chi connectivity index (χ1n) is 15.3. The molecule has 5 N–H and O–H groups in total. The maximum absolute atomic E-state index is 14.1. The number of aliphatic hydroxyl groups is 1. The third-order valence-corrected chi connectivity index (χ3v) is 12.3. The Balaban J connectivity index is 1.32. The zero-order valence-corrected chi connectivity index (χ0v) is 27.0. The Morgan fingerprint density at radius 3 is 2.44 bits per heavy atom. The van der Waals surface area contributed by atoms with E-state index in [-0.39, 0.29) is 36.8 Å². The number of amides is 3. The van der Waals surface area contributed by atoms with Gasteiger partial charge >= 0.3 is 0 Å². The summed E-state index contributed by atoms with van der Waals surface area (Å²) in [6.45, 7) is 5.75. The van der Waals surface area contributed by atoms with Crippen molar-refractivity contribution in [1.82, 2.24) is 4.90 Å². The van der Waals surface area contributed by atoms with Crippen molar-refractivity contribution >= 4 is 43.1 Å². The molecule has 1 spiro atoms. The van der Waals surface area contributed by atoms with Gasteiger partial charge in [0.05, 0.1) is 30.9 Å². The minimum Gasteiger partial charge on any atom is -0.432 e. The van der Waals surface area contributed by atoms with Crippen molar-refractivity contribution in [3.8, 4) is 0 Å². The van der Waals surface area contributed by atoms with Gasteiger partial charge in [-0.05, 0) is 73.1 Å². The molecule has 3 aliphatic heterocycles. The molecule has 0 aliphatic carbocycles. The summed E-state index contributed by atoms with van der Waals surface area (Å²) in [6, 6.07) is 19.4. The van der Waals surface area contributed by atoms with E-state index in [2.05, 4.69) is 5.32 Å². The molecule has 0 bridgehead atoms. The van der Waals surface area contributed by atoms with Crippen molar-refractivity contribution in [2.75, 3.05) is 29.6 Å². The number of likely N-dealkylation sites (N-methyl/N-ethyl adjacent to an activating group) is 1. The fourth-order valence-electron chi connectivity index (χ4n) is 7.63. The summed E-state index contributed by atoms with van der Waals surface area (Å²) in [5.41, 5.74) is 8.75. The molecule has 6 rings (SSSR count). The van der Waals surface area contributed by atoms with Crippen LogP contribution in [0.2, 0.25) is 18.6 Å². The first-order valence-corrected chi connectivity index (χ1v) is 18.3. The number of benzene rings is 3. The lowest BCUT2D eigenvalue weighted by atomic mass is 9.82. The summed E-state index contributed by atoms with van der Waals surface area (Å²) in [6.07, 6.45) is -0.214. The number of rotatable bonds is 6. The molecule has 0 unspecified atom stereocenters. The Morgan fingerprint density at radius 1 is 1.09 bits per heavy atom. The molecule has 3 aromatic rings. The lowest BCUT2D eigenvalue weighted by Crippen LogP contribution is -2.48. The number of hydrogen-bond acceptors (Lipinski definition) is 7. The van der Waals surface area contributed by atoms with Gasteiger partial charge in [0.2, 0.25) is 5.91 Å². The van der Waals surface area contributed by atoms with E-state index < -0.39 is 31.5 Å². The van der Waals surface area contributed by atoms with Crippen LogP contribution in [-0.2, 0) is 32.9 Å². The molecule has 0 radical (unpaired) electrons. The number of nitrogens with two attached hydrogens (primary N) is 1. The molecule has 0 aromatic heterocycles. The van der Waals surface area contributed by atoms with Gasteiger partial charge in [-0.15, -0.1) is 0 Å². The number of fused-ring (bicyclic) bond motifs is 3. The number of carbonyl (C=O) groups excluding carboxylic acids is 3. The number of anilines is 3. The second-order valence-corrected chi connectivity index (χ2v) is 17.0. The SMILES string of the molecule is C[C@@H]1[C@@H]([Si](C)(C)O)[C@H](CC(=O)N2Cc3ccccc3C[C@H]2CO)O[C@@]12C(=O)N(C)c1ccc(NC(=O)c3ccc(N)cc3)cc12. The summed E-state index contributed by atoms with van der Waals surface area (Å²) < 4.78 is 6.78. The summed E-state index contributed by atoms with van der Waals surface area (Å²) in [7, 11) is -1.32. The minimum atomic E-state index is -3.00. The van der Waals surface area contributed by atoms with Crippen LogP contribution in [0.25, 0.3) is 0 Å². The number of ether oxygens (including phenoxy) is 1. The molecule has 0 saturated carbocycles. The van der Waals surface area contributed by atoms with Gasteiger partial charge in [-0.2, -0.15) is 0 Å². The molecule has 3 aliphatic rings. The average Bonchev–Trinajstić information content (AvgIpc) is 3.42. The molecule has 1 fully saturated rings. The number of nitrogen functional groups attached to an aromatic ring is 1. The fraction of sp³-hybridized carbons (Fsp3) is 0.382. The predicted octanol–water partition coefficient (Wildman–Crippen LogP) is 3.63. The molecule has 3 aromatic carbocycles. The quantitative estimate of drug-likeness (QED) is 0.241. The van der Waals surface area contributed by atoms with E-state index in [1.165, 1.54) is 0 Å². The molecule has 1 saturated heterocycles. The lowest BCUT2D eigenvalue weighted by molar-refractivity contribution is -0.150. The van der Waals surface area contributed by atoms with E-state index in [4.69, 9.17) is 10.5 Å². The highest BCUT2D eigenvalue weighted by Crippen LogP contribution is 2.59. The molecular weight excluding hydrogens is 588 g/mol. The molecule has 5 atom stereocenters. The molecule has 3 amide bonds. The zero-order chi connectivity index (χ0) is 32.3. The lowest BCUT2D eigenvalue weighted by Gasteiger charge is -2.37. The van der Waals surface area contributed by atoms with Crippen LogP contribution < -0.4 is 16.0 Å². The standard InChI is InChI=1S/C34H40N4O6Si/c1-20-31(45(3,4)43)29(17-30(40)38-18-23-8-6-5-7-22(23)15-26(38)19-39)44-34(20)27-16-25(13-14-28(27)37(2)33(34)42)36-32(41)21-9-11-24(35)12-10-21/h5-14,16,20,26,29,31,39,43H,15,17-19,35H2,1-4H3,(H,36,41)/t20-,26+,29+,31-,34+/m1/s1. The van der Waals surface area contributed by atoms with Gasteiger partial charge in [0.15, 0.2) is 13.9 Å². The minimum absolute atomic E-state index is 0.0354. The van der Waals surface area contributed by atoms with Gasteiger partial charge in [-0.3, -0.25) is 14.4 Å². The van der Waals surface area contributed by atoms with Gasteiger partial charge in [0, 0.05) is 47.6 Å². The van der Waals surface area contributed by atoms with Crippen LogP contribution in [0.15, 0.2) is 66.7 Å². The second-order valence-electron chi connectivity index (χ2n) is 13.1. The predicted molar refractivity (Wildman–Crippen MR) is 174 cm³/mol.